The van der Waals surface area contributed by atoms with E-state index in [1.54, 1.807) is 0 Å². The van der Waals surface area contributed by atoms with Crippen LogP contribution in [0.15, 0.2) is 235 Å². The predicted molar refractivity (Wildman–Crippen MR) is 254 cm³/mol. The Hall–Kier alpha value is -8.14. The fraction of sp³-hybridized carbons (Fsp3) is 0.0169. The summed E-state index contributed by atoms with van der Waals surface area (Å²) in [7, 11) is 0. The van der Waals surface area contributed by atoms with Crippen LogP contribution in [0.5, 0.6) is 0 Å². The average molecular weight is 791 g/mol. The van der Waals surface area contributed by atoms with E-state index in [1.165, 1.54) is 33.4 Å². The highest BCUT2D eigenvalue weighted by Crippen LogP contribution is 2.56. The van der Waals surface area contributed by atoms with Gasteiger partial charge in [0.2, 0.25) is 0 Å². The molecule has 1 aliphatic rings. The lowest BCUT2D eigenvalue weighted by Gasteiger charge is -2.34. The van der Waals surface area contributed by atoms with Gasteiger partial charge in [-0.3, -0.25) is 0 Å². The minimum atomic E-state index is -0.516. The summed E-state index contributed by atoms with van der Waals surface area (Å²) in [5.74, 6) is 0.684. The van der Waals surface area contributed by atoms with E-state index in [9.17, 15) is 0 Å². The second-order valence-electron chi connectivity index (χ2n) is 16.0. The number of hydrogen-bond donors (Lipinski definition) is 0. The van der Waals surface area contributed by atoms with E-state index in [1.807, 2.05) is 30.3 Å². The van der Waals surface area contributed by atoms with E-state index >= 15 is 0 Å². The minimum absolute atomic E-state index is 0.516. The summed E-state index contributed by atoms with van der Waals surface area (Å²) >= 11 is 0. The molecule has 0 spiro atoms. The van der Waals surface area contributed by atoms with E-state index in [0.717, 1.165) is 72.3 Å². The fourth-order valence-electron chi connectivity index (χ4n) is 9.88. The molecule has 12 rings (SSSR count). The minimum Gasteiger partial charge on any atom is -0.456 e. The highest BCUT2D eigenvalue weighted by molar-refractivity contribution is 6.13. The molecule has 0 atom stereocenters. The smallest absolute Gasteiger partial charge is 0.160 e. The summed E-state index contributed by atoms with van der Waals surface area (Å²) in [5, 5.41) is 2.24. The third-order valence-electron chi connectivity index (χ3n) is 12.6. The number of furan rings is 1. The first-order valence-corrected chi connectivity index (χ1v) is 21.1. The van der Waals surface area contributed by atoms with Crippen LogP contribution in [0.3, 0.4) is 0 Å². The van der Waals surface area contributed by atoms with Crippen LogP contribution in [0.1, 0.15) is 22.3 Å². The summed E-state index contributed by atoms with van der Waals surface area (Å²) in [4.78, 5) is 10.6. The Kier molecular flexibility index (Phi) is 8.39. The van der Waals surface area contributed by atoms with E-state index in [4.69, 9.17) is 14.4 Å². The van der Waals surface area contributed by atoms with Crippen LogP contribution in [0, 0.1) is 0 Å². The van der Waals surface area contributed by atoms with Crippen molar-refractivity contribution in [3.05, 3.63) is 253 Å². The molecular formula is C59H38N2O. The zero-order chi connectivity index (χ0) is 41.0. The van der Waals surface area contributed by atoms with E-state index in [-0.39, 0.29) is 0 Å². The van der Waals surface area contributed by atoms with Crippen molar-refractivity contribution in [1.82, 2.24) is 9.97 Å². The summed E-state index contributed by atoms with van der Waals surface area (Å²) in [5.41, 5.74) is 18.0. The number of rotatable bonds is 7. The molecule has 3 nitrogen and oxygen atoms in total. The first-order chi connectivity index (χ1) is 30.7. The Balaban J connectivity index is 1.04. The van der Waals surface area contributed by atoms with Gasteiger partial charge in [-0.15, -0.1) is 0 Å². The van der Waals surface area contributed by atoms with Gasteiger partial charge in [0.25, 0.3) is 0 Å². The summed E-state index contributed by atoms with van der Waals surface area (Å²) < 4.78 is 6.32. The number of benzene rings is 9. The van der Waals surface area contributed by atoms with Crippen molar-refractivity contribution in [2.24, 2.45) is 0 Å². The Morgan fingerprint density at radius 1 is 0.323 bits per heavy atom. The third-order valence-corrected chi connectivity index (χ3v) is 12.6. The van der Waals surface area contributed by atoms with Crippen molar-refractivity contribution in [2.45, 2.75) is 5.41 Å². The highest BCUT2D eigenvalue weighted by atomic mass is 16.3. The molecular weight excluding hydrogens is 753 g/mol. The SMILES string of the molecule is c1ccc(-c2nc(-c3cccc(-c4ccccc4-c4cccc5oc6ccccc6c45)c3)cc(-c3ccc4c(c3)C(c3ccccc3)(c3ccccc3)c3ccccc3-4)n2)cc1. The maximum Gasteiger partial charge on any atom is 0.160 e. The maximum absolute atomic E-state index is 6.32. The van der Waals surface area contributed by atoms with Gasteiger partial charge in [0.1, 0.15) is 11.2 Å². The molecule has 0 fully saturated rings. The summed E-state index contributed by atoms with van der Waals surface area (Å²) in [6, 6.07) is 82.2. The van der Waals surface area contributed by atoms with Gasteiger partial charge in [0.15, 0.2) is 5.82 Å². The molecule has 0 N–H and O–H groups in total. The molecule has 0 saturated carbocycles. The van der Waals surface area contributed by atoms with Crippen LogP contribution in [-0.2, 0) is 5.41 Å². The predicted octanol–water partition coefficient (Wildman–Crippen LogP) is 15.1. The van der Waals surface area contributed by atoms with Gasteiger partial charge in [0.05, 0.1) is 16.8 Å². The topological polar surface area (TPSA) is 38.9 Å². The Morgan fingerprint density at radius 3 is 1.61 bits per heavy atom. The number of para-hydroxylation sites is 1. The number of hydrogen-bond acceptors (Lipinski definition) is 3. The zero-order valence-electron chi connectivity index (χ0n) is 33.7. The van der Waals surface area contributed by atoms with Gasteiger partial charge in [-0.1, -0.05) is 200 Å². The summed E-state index contributed by atoms with van der Waals surface area (Å²) in [6.45, 7) is 0. The van der Waals surface area contributed by atoms with Crippen LogP contribution < -0.4 is 0 Å². The van der Waals surface area contributed by atoms with Gasteiger partial charge >= 0.3 is 0 Å². The van der Waals surface area contributed by atoms with Gasteiger partial charge in [-0.25, -0.2) is 9.97 Å². The van der Waals surface area contributed by atoms with Gasteiger partial charge in [-0.2, -0.15) is 0 Å². The van der Waals surface area contributed by atoms with Crippen molar-refractivity contribution in [3.63, 3.8) is 0 Å². The molecule has 0 aliphatic heterocycles. The lowest BCUT2D eigenvalue weighted by molar-refractivity contribution is 0.669. The molecule has 9 aromatic carbocycles. The molecule has 2 aromatic heterocycles. The number of aromatic nitrogens is 2. The average Bonchev–Trinajstić information content (AvgIpc) is 3.89. The first-order valence-electron chi connectivity index (χ1n) is 21.1. The molecule has 3 heteroatoms. The van der Waals surface area contributed by atoms with E-state index < -0.39 is 5.41 Å². The van der Waals surface area contributed by atoms with E-state index in [0.29, 0.717) is 5.82 Å². The second kappa shape index (κ2) is 14.5. The summed E-state index contributed by atoms with van der Waals surface area (Å²) in [6.07, 6.45) is 0. The highest BCUT2D eigenvalue weighted by Gasteiger charge is 2.46. The lowest BCUT2D eigenvalue weighted by atomic mass is 9.67. The van der Waals surface area contributed by atoms with Gasteiger partial charge in [-0.05, 0) is 86.0 Å². The van der Waals surface area contributed by atoms with E-state index in [2.05, 4.69) is 200 Å². The van der Waals surface area contributed by atoms with Crippen molar-refractivity contribution in [3.8, 4) is 67.3 Å². The molecule has 2 heterocycles. The number of fused-ring (bicyclic) bond motifs is 6. The van der Waals surface area contributed by atoms with Crippen LogP contribution in [-0.4, -0.2) is 9.97 Å². The van der Waals surface area contributed by atoms with Crippen molar-refractivity contribution < 1.29 is 4.42 Å². The quantitative estimate of drug-likeness (QED) is 0.161. The lowest BCUT2D eigenvalue weighted by Crippen LogP contribution is -2.28. The zero-order valence-corrected chi connectivity index (χ0v) is 33.7. The van der Waals surface area contributed by atoms with Crippen molar-refractivity contribution in [2.75, 3.05) is 0 Å². The van der Waals surface area contributed by atoms with Crippen LogP contribution in [0.4, 0.5) is 0 Å². The largest absolute Gasteiger partial charge is 0.456 e. The van der Waals surface area contributed by atoms with Gasteiger partial charge < -0.3 is 4.42 Å². The molecule has 62 heavy (non-hydrogen) atoms. The molecule has 0 unspecified atom stereocenters. The molecule has 1 aliphatic carbocycles. The second-order valence-corrected chi connectivity index (χ2v) is 16.0. The van der Waals surface area contributed by atoms with Crippen molar-refractivity contribution in [1.29, 1.82) is 0 Å². The molecule has 290 valence electrons. The van der Waals surface area contributed by atoms with Crippen LogP contribution in [0.2, 0.25) is 0 Å². The molecule has 0 radical (unpaired) electrons. The molecule has 0 amide bonds. The molecule has 11 aromatic rings. The number of nitrogens with zero attached hydrogens (tertiary/aromatic N) is 2. The Bertz CT molecular complexity index is 3420. The molecule has 0 saturated heterocycles. The third kappa shape index (κ3) is 5.67. The Morgan fingerprint density at radius 2 is 0.855 bits per heavy atom. The monoisotopic (exact) mass is 790 g/mol. The van der Waals surface area contributed by atoms with Crippen molar-refractivity contribution >= 4 is 21.9 Å². The standard InChI is InChI=1S/C59H38N2O/c1-4-18-39(19-5-1)58-60-53(41-21-16-20-40(36-41)45-26-10-11-27-46(45)49-30-17-33-56-57(49)50-29-13-15-32-55(50)62-56)38-54(61-58)42-34-35-48-47-28-12-14-31-51(47)59(52(48)37-42,43-22-6-2-7-23-43)44-24-8-3-9-25-44/h1-38H. The first kappa shape index (κ1) is 35.8. The fourth-order valence-corrected chi connectivity index (χ4v) is 9.88. The van der Waals surface area contributed by atoms with Gasteiger partial charge in [0, 0.05) is 27.5 Å². The Labute approximate surface area is 360 Å². The maximum atomic E-state index is 6.32. The van der Waals surface area contributed by atoms with Crippen LogP contribution >= 0.6 is 0 Å². The molecule has 0 bridgehead atoms. The van der Waals surface area contributed by atoms with Crippen LogP contribution in [0.25, 0.3) is 89.2 Å². The normalized spacial score (nSPS) is 12.6.